The van der Waals surface area contributed by atoms with Gasteiger partial charge in [0.05, 0.1) is 12.7 Å². The van der Waals surface area contributed by atoms with E-state index in [0.29, 0.717) is 7.11 Å². The zero-order chi connectivity index (χ0) is 14.8. The minimum Gasteiger partial charge on any atom is -0.507 e. The van der Waals surface area contributed by atoms with Crippen LogP contribution in [0.3, 0.4) is 0 Å². The minimum absolute atomic E-state index is 0.0795. The lowest BCUT2D eigenvalue weighted by Gasteiger charge is -2.23. The Balaban J connectivity index is 3.20. The Morgan fingerprint density at radius 3 is 2.21 bits per heavy atom. The number of phenols is 1. The minimum atomic E-state index is -5.10. The molecular weight excluding hydrogens is 272 g/mol. The lowest BCUT2D eigenvalue weighted by Crippen LogP contribution is -2.48. The molecule has 0 amide bonds. The number of hydrogen-bond acceptors (Lipinski definition) is 4. The van der Waals surface area contributed by atoms with Gasteiger partial charge in [0.2, 0.25) is 5.78 Å². The molecule has 0 unspecified atom stereocenters. The number of alkyl halides is 4. The van der Waals surface area contributed by atoms with Gasteiger partial charge in [0.15, 0.2) is 0 Å². The number of halogens is 4. The predicted molar refractivity (Wildman–Crippen MR) is 55.9 cm³/mol. The highest BCUT2D eigenvalue weighted by atomic mass is 19.3. The number of ketones is 1. The fraction of sp³-hybridized carbons (Fsp3) is 0.364. The van der Waals surface area contributed by atoms with Gasteiger partial charge in [-0.05, 0) is 12.1 Å². The molecule has 0 fully saturated rings. The third-order valence-electron chi connectivity index (χ3n) is 2.36. The first kappa shape index (κ1) is 15.2. The van der Waals surface area contributed by atoms with E-state index in [1.54, 1.807) is 0 Å². The monoisotopic (exact) mass is 282 g/mol. The molecule has 106 valence electrons. The second-order valence-electron chi connectivity index (χ2n) is 3.51. The number of ether oxygens (including phenoxy) is 2. The number of benzene rings is 1. The molecule has 8 heteroatoms. The molecule has 0 aliphatic rings. The molecule has 0 bridgehead atoms. The number of phenolic OH excluding ortho intramolecular Hbond substituents is 1. The van der Waals surface area contributed by atoms with Gasteiger partial charge in [-0.25, -0.2) is 0 Å². The van der Waals surface area contributed by atoms with Crippen LogP contribution >= 0.6 is 0 Å². The Labute approximate surface area is 105 Å². The highest BCUT2D eigenvalue weighted by Crippen LogP contribution is 2.39. The molecule has 0 aliphatic carbocycles. The molecule has 0 spiro atoms. The number of rotatable bonds is 5. The van der Waals surface area contributed by atoms with E-state index in [-0.39, 0.29) is 5.75 Å². The first-order chi connectivity index (χ1) is 8.67. The van der Waals surface area contributed by atoms with Crippen LogP contribution in [-0.2, 0) is 4.74 Å². The quantitative estimate of drug-likeness (QED) is 0.665. The van der Waals surface area contributed by atoms with Crippen LogP contribution in [0.2, 0.25) is 0 Å². The average molecular weight is 282 g/mol. The smallest absolute Gasteiger partial charge is 0.427 e. The van der Waals surface area contributed by atoms with Crippen molar-refractivity contribution in [2.75, 3.05) is 14.2 Å². The van der Waals surface area contributed by atoms with Crippen molar-refractivity contribution in [3.8, 4) is 11.5 Å². The Morgan fingerprint density at radius 1 is 1.21 bits per heavy atom. The van der Waals surface area contributed by atoms with Gasteiger partial charge in [0, 0.05) is 13.2 Å². The highest BCUT2D eigenvalue weighted by molar-refractivity contribution is 6.04. The molecule has 0 radical (unpaired) electrons. The number of carbonyl (C=O) groups is 1. The summed E-state index contributed by atoms with van der Waals surface area (Å²) in [6, 6.07) is 2.69. The van der Waals surface area contributed by atoms with Crippen molar-refractivity contribution in [1.82, 2.24) is 0 Å². The van der Waals surface area contributed by atoms with Gasteiger partial charge in [-0.1, -0.05) is 0 Å². The third-order valence-corrected chi connectivity index (χ3v) is 2.36. The van der Waals surface area contributed by atoms with Crippen molar-refractivity contribution in [1.29, 1.82) is 0 Å². The van der Waals surface area contributed by atoms with E-state index in [0.717, 1.165) is 18.2 Å². The van der Waals surface area contributed by atoms with Crippen molar-refractivity contribution < 1.29 is 36.9 Å². The maximum atomic E-state index is 13.3. The van der Waals surface area contributed by atoms with Crippen LogP contribution in [0.15, 0.2) is 18.2 Å². The molecule has 0 aromatic heterocycles. The maximum absolute atomic E-state index is 13.3. The zero-order valence-electron chi connectivity index (χ0n) is 9.92. The Hall–Kier alpha value is -1.83. The summed E-state index contributed by atoms with van der Waals surface area (Å²) in [5.74, 6) is -8.17. The lowest BCUT2D eigenvalue weighted by atomic mass is 10.0. The van der Waals surface area contributed by atoms with E-state index < -0.39 is 29.1 Å². The summed E-state index contributed by atoms with van der Waals surface area (Å²) in [4.78, 5) is 11.4. The number of Topliss-reactive ketones (excluding diaryl/α,β-unsaturated/α-hetero) is 1. The Kier molecular flexibility index (Phi) is 4.04. The molecule has 1 rings (SSSR count). The van der Waals surface area contributed by atoms with Crippen molar-refractivity contribution in [2.45, 2.75) is 12.0 Å². The van der Waals surface area contributed by atoms with Gasteiger partial charge in [-0.2, -0.15) is 17.6 Å². The summed E-state index contributed by atoms with van der Waals surface area (Å²) in [5.41, 5.74) is -0.956. The van der Waals surface area contributed by atoms with Crippen molar-refractivity contribution in [3.63, 3.8) is 0 Å². The normalized spacial score (nSPS) is 12.3. The molecular formula is C11H10F4O4. The first-order valence-electron chi connectivity index (χ1n) is 4.90. The van der Waals surface area contributed by atoms with E-state index in [9.17, 15) is 27.5 Å². The van der Waals surface area contributed by atoms with Crippen LogP contribution in [0, 0.1) is 0 Å². The van der Waals surface area contributed by atoms with Crippen molar-refractivity contribution in [2.24, 2.45) is 0 Å². The zero-order valence-corrected chi connectivity index (χ0v) is 9.92. The molecule has 0 heterocycles. The van der Waals surface area contributed by atoms with Gasteiger partial charge >= 0.3 is 12.0 Å². The summed E-state index contributed by atoms with van der Waals surface area (Å²) in [6.45, 7) is 0. The van der Waals surface area contributed by atoms with Gasteiger partial charge in [-0.3, -0.25) is 4.79 Å². The number of methoxy groups -OCH3 is 2. The predicted octanol–water partition coefficient (Wildman–Crippen LogP) is 2.46. The van der Waals surface area contributed by atoms with Crippen LogP contribution in [0.1, 0.15) is 10.4 Å². The molecule has 19 heavy (non-hydrogen) atoms. The summed E-state index contributed by atoms with van der Waals surface area (Å²) in [5, 5.41) is 9.37. The molecule has 0 atom stereocenters. The number of aromatic hydroxyl groups is 1. The Bertz CT molecular complexity index is 488. The van der Waals surface area contributed by atoms with E-state index in [1.807, 2.05) is 0 Å². The maximum Gasteiger partial charge on any atom is 0.427 e. The van der Waals surface area contributed by atoms with Gasteiger partial charge in [-0.15, -0.1) is 0 Å². The van der Waals surface area contributed by atoms with Crippen LogP contribution in [-0.4, -0.2) is 37.1 Å². The van der Waals surface area contributed by atoms with Crippen LogP contribution in [0.25, 0.3) is 0 Å². The van der Waals surface area contributed by atoms with E-state index in [1.165, 1.54) is 7.11 Å². The number of carbonyl (C=O) groups excluding carboxylic acids is 1. The molecule has 0 saturated carbocycles. The summed E-state index contributed by atoms with van der Waals surface area (Å²) in [6.07, 6.45) is -4.98. The molecule has 1 aromatic carbocycles. The molecule has 0 aliphatic heterocycles. The third kappa shape index (κ3) is 2.62. The van der Waals surface area contributed by atoms with Crippen LogP contribution < -0.4 is 4.74 Å². The molecule has 1 aromatic rings. The van der Waals surface area contributed by atoms with E-state index in [4.69, 9.17) is 0 Å². The van der Waals surface area contributed by atoms with E-state index >= 15 is 0 Å². The topological polar surface area (TPSA) is 55.8 Å². The van der Waals surface area contributed by atoms with E-state index in [2.05, 4.69) is 9.47 Å². The van der Waals surface area contributed by atoms with Crippen molar-refractivity contribution >= 4 is 5.78 Å². The molecule has 4 nitrogen and oxygen atoms in total. The fourth-order valence-corrected chi connectivity index (χ4v) is 1.26. The second-order valence-corrected chi connectivity index (χ2v) is 3.51. The summed E-state index contributed by atoms with van der Waals surface area (Å²) < 4.78 is 60.2. The first-order valence-corrected chi connectivity index (χ1v) is 4.90. The lowest BCUT2D eigenvalue weighted by molar-refractivity contribution is -0.315. The van der Waals surface area contributed by atoms with Crippen LogP contribution in [0.4, 0.5) is 17.6 Å². The highest BCUT2D eigenvalue weighted by Gasteiger charge is 2.63. The summed E-state index contributed by atoms with van der Waals surface area (Å²) in [7, 11) is 1.58. The average Bonchev–Trinajstić information content (AvgIpc) is 2.37. The standard InChI is InChI=1S/C11H10F4O4/c1-18-6-3-4-7(8(16)5-6)9(17)10(12,13)11(14,15)19-2/h3-5,16H,1-2H3. The molecule has 1 N–H and O–H groups in total. The fourth-order valence-electron chi connectivity index (χ4n) is 1.26. The SMILES string of the molecule is COc1ccc(C(=O)C(F)(F)C(F)(F)OC)c(O)c1. The van der Waals surface area contributed by atoms with Gasteiger partial charge in [0.1, 0.15) is 11.5 Å². The van der Waals surface area contributed by atoms with Crippen LogP contribution in [0.5, 0.6) is 11.5 Å². The van der Waals surface area contributed by atoms with Gasteiger partial charge in [0.25, 0.3) is 0 Å². The Morgan fingerprint density at radius 2 is 1.79 bits per heavy atom. The van der Waals surface area contributed by atoms with Gasteiger partial charge < -0.3 is 14.6 Å². The second kappa shape index (κ2) is 5.04. The van der Waals surface area contributed by atoms with Crippen molar-refractivity contribution in [3.05, 3.63) is 23.8 Å². The molecule has 0 saturated heterocycles. The number of hydrogen-bond donors (Lipinski definition) is 1. The summed E-state index contributed by atoms with van der Waals surface area (Å²) >= 11 is 0. The largest absolute Gasteiger partial charge is 0.507 e.